The van der Waals surface area contributed by atoms with Gasteiger partial charge in [-0.15, -0.1) is 0 Å². The molecule has 0 spiro atoms. The SMILES string of the molecule is CC(=O)N/C(=C\P(=O)(c1ccccc1)c1ccccc1)c1ccccc1. The molecule has 0 aromatic heterocycles. The number of benzene rings is 3. The highest BCUT2D eigenvalue weighted by Gasteiger charge is 2.26. The average molecular weight is 361 g/mol. The van der Waals surface area contributed by atoms with Crippen molar-refractivity contribution in [1.29, 1.82) is 0 Å². The van der Waals surface area contributed by atoms with Crippen LogP contribution in [0.4, 0.5) is 0 Å². The molecule has 0 atom stereocenters. The van der Waals surface area contributed by atoms with Gasteiger partial charge in [0.05, 0.1) is 5.70 Å². The monoisotopic (exact) mass is 361 g/mol. The van der Waals surface area contributed by atoms with Crippen LogP contribution in [0.5, 0.6) is 0 Å². The Hall–Kier alpha value is -2.90. The first-order chi connectivity index (χ1) is 12.6. The lowest BCUT2D eigenvalue weighted by molar-refractivity contribution is -0.117. The number of amides is 1. The molecule has 0 unspecified atom stereocenters. The molecule has 0 aliphatic heterocycles. The van der Waals surface area contributed by atoms with Gasteiger partial charge in [-0.2, -0.15) is 0 Å². The summed E-state index contributed by atoms with van der Waals surface area (Å²) in [6.45, 7) is 1.45. The van der Waals surface area contributed by atoms with E-state index in [1.54, 1.807) is 5.82 Å². The molecule has 1 amide bonds. The molecule has 0 aliphatic carbocycles. The molecule has 4 heteroatoms. The van der Waals surface area contributed by atoms with Gasteiger partial charge in [-0.1, -0.05) is 91.0 Å². The average Bonchev–Trinajstić information content (AvgIpc) is 2.69. The number of nitrogens with one attached hydrogen (secondary N) is 1. The summed E-state index contributed by atoms with van der Waals surface area (Å²) in [6.07, 6.45) is 0. The van der Waals surface area contributed by atoms with E-state index in [1.807, 2.05) is 91.0 Å². The van der Waals surface area contributed by atoms with Crippen molar-refractivity contribution in [2.45, 2.75) is 6.92 Å². The Kier molecular flexibility index (Phi) is 5.50. The van der Waals surface area contributed by atoms with Crippen molar-refractivity contribution in [2.75, 3.05) is 0 Å². The maximum Gasteiger partial charge on any atom is 0.221 e. The third kappa shape index (κ3) is 4.01. The first-order valence-electron chi connectivity index (χ1n) is 8.36. The molecule has 0 saturated heterocycles. The minimum absolute atomic E-state index is 0.201. The molecule has 1 N–H and O–H groups in total. The van der Waals surface area contributed by atoms with Crippen LogP contribution in [-0.4, -0.2) is 5.91 Å². The molecule has 0 saturated carbocycles. The lowest BCUT2D eigenvalue weighted by atomic mass is 10.2. The van der Waals surface area contributed by atoms with Gasteiger partial charge in [0, 0.05) is 23.3 Å². The van der Waals surface area contributed by atoms with Gasteiger partial charge in [0.25, 0.3) is 0 Å². The van der Waals surface area contributed by atoms with Crippen molar-refractivity contribution >= 4 is 29.4 Å². The van der Waals surface area contributed by atoms with Crippen LogP contribution in [0.25, 0.3) is 5.70 Å². The number of carbonyl (C=O) groups is 1. The number of hydrogen-bond donors (Lipinski definition) is 1. The van der Waals surface area contributed by atoms with Crippen LogP contribution in [0.3, 0.4) is 0 Å². The quantitative estimate of drug-likeness (QED) is 0.695. The van der Waals surface area contributed by atoms with E-state index in [1.165, 1.54) is 6.92 Å². The van der Waals surface area contributed by atoms with Gasteiger partial charge < -0.3 is 9.88 Å². The summed E-state index contributed by atoms with van der Waals surface area (Å²) < 4.78 is 14.2. The van der Waals surface area contributed by atoms with E-state index in [2.05, 4.69) is 5.32 Å². The third-order valence-corrected chi connectivity index (χ3v) is 6.74. The van der Waals surface area contributed by atoms with Crippen LogP contribution >= 0.6 is 7.14 Å². The largest absolute Gasteiger partial charge is 0.326 e. The molecule has 3 rings (SSSR count). The third-order valence-electron chi connectivity index (χ3n) is 3.99. The van der Waals surface area contributed by atoms with Crippen molar-refractivity contribution < 1.29 is 9.36 Å². The first-order valence-corrected chi connectivity index (χ1v) is 10.1. The summed E-state index contributed by atoms with van der Waals surface area (Å²) in [6, 6.07) is 28.2. The normalized spacial score (nSPS) is 11.8. The van der Waals surface area contributed by atoms with E-state index in [-0.39, 0.29) is 5.91 Å². The van der Waals surface area contributed by atoms with E-state index in [0.717, 1.165) is 16.2 Å². The molecular weight excluding hydrogens is 341 g/mol. The summed E-state index contributed by atoms with van der Waals surface area (Å²) in [5.74, 6) is 1.50. The van der Waals surface area contributed by atoms with Gasteiger partial charge >= 0.3 is 0 Å². The second-order valence-electron chi connectivity index (χ2n) is 5.92. The zero-order valence-corrected chi connectivity index (χ0v) is 15.4. The molecule has 3 aromatic carbocycles. The number of carbonyl (C=O) groups excluding carboxylic acids is 1. The smallest absolute Gasteiger partial charge is 0.221 e. The molecule has 26 heavy (non-hydrogen) atoms. The summed E-state index contributed by atoms with van der Waals surface area (Å²) in [5.41, 5.74) is 1.36. The fourth-order valence-electron chi connectivity index (χ4n) is 2.77. The predicted octanol–water partition coefficient (Wildman–Crippen LogP) is 4.14. The van der Waals surface area contributed by atoms with Crippen molar-refractivity contribution in [3.63, 3.8) is 0 Å². The van der Waals surface area contributed by atoms with E-state index in [9.17, 15) is 9.36 Å². The Morgan fingerprint density at radius 1 is 0.769 bits per heavy atom. The molecule has 130 valence electrons. The standard InChI is InChI=1S/C22H20NO2P/c1-18(24)23-22(19-11-5-2-6-12-19)17-26(25,20-13-7-3-8-14-20)21-15-9-4-10-16-21/h2-17H,1H3,(H,23,24)/b22-17-. The van der Waals surface area contributed by atoms with E-state index >= 15 is 0 Å². The number of hydrogen-bond acceptors (Lipinski definition) is 2. The minimum Gasteiger partial charge on any atom is -0.326 e. The fourth-order valence-corrected chi connectivity index (χ4v) is 5.17. The van der Waals surface area contributed by atoms with Gasteiger partial charge in [0.1, 0.15) is 0 Å². The Bertz CT molecular complexity index is 908. The molecular formula is C22H20NO2P. The van der Waals surface area contributed by atoms with E-state index in [4.69, 9.17) is 0 Å². The van der Waals surface area contributed by atoms with Crippen LogP contribution < -0.4 is 15.9 Å². The van der Waals surface area contributed by atoms with Gasteiger partial charge in [-0.3, -0.25) is 4.79 Å². The summed E-state index contributed by atoms with van der Waals surface area (Å²) in [4.78, 5) is 11.7. The van der Waals surface area contributed by atoms with Crippen LogP contribution in [0.2, 0.25) is 0 Å². The zero-order chi connectivity index (χ0) is 18.4. The number of rotatable bonds is 5. The highest BCUT2D eigenvalue weighted by molar-refractivity contribution is 7.81. The van der Waals surface area contributed by atoms with Gasteiger partial charge in [0.2, 0.25) is 5.91 Å². The summed E-state index contributed by atoms with van der Waals surface area (Å²) in [5, 5.41) is 4.29. The second kappa shape index (κ2) is 7.99. The summed E-state index contributed by atoms with van der Waals surface area (Å²) in [7, 11) is -3.08. The van der Waals surface area contributed by atoms with Crippen LogP contribution in [0.1, 0.15) is 12.5 Å². The summed E-state index contributed by atoms with van der Waals surface area (Å²) >= 11 is 0. The molecule has 0 aliphatic rings. The molecule has 0 fully saturated rings. The minimum atomic E-state index is -3.08. The van der Waals surface area contributed by atoms with Crippen LogP contribution in [0, 0.1) is 0 Å². The van der Waals surface area contributed by atoms with E-state index < -0.39 is 7.14 Å². The van der Waals surface area contributed by atoms with Crippen molar-refractivity contribution in [3.05, 3.63) is 102 Å². The molecule has 0 radical (unpaired) electrons. The highest BCUT2D eigenvalue weighted by atomic mass is 31.2. The molecule has 3 nitrogen and oxygen atoms in total. The molecule has 0 bridgehead atoms. The van der Waals surface area contributed by atoms with Gasteiger partial charge in [-0.05, 0) is 5.56 Å². The Balaban J connectivity index is 2.22. The van der Waals surface area contributed by atoms with Crippen molar-refractivity contribution in [1.82, 2.24) is 5.32 Å². The highest BCUT2D eigenvalue weighted by Crippen LogP contribution is 2.46. The van der Waals surface area contributed by atoms with Crippen LogP contribution in [0.15, 0.2) is 96.8 Å². The molecule has 0 heterocycles. The van der Waals surface area contributed by atoms with Crippen molar-refractivity contribution in [2.24, 2.45) is 0 Å². The second-order valence-corrected chi connectivity index (χ2v) is 8.53. The van der Waals surface area contributed by atoms with Crippen molar-refractivity contribution in [3.8, 4) is 0 Å². The van der Waals surface area contributed by atoms with Gasteiger partial charge in [-0.25, -0.2) is 0 Å². The maximum atomic E-state index is 14.2. The zero-order valence-electron chi connectivity index (χ0n) is 14.5. The van der Waals surface area contributed by atoms with Gasteiger partial charge in [0.15, 0.2) is 7.14 Å². The van der Waals surface area contributed by atoms with E-state index in [0.29, 0.717) is 5.70 Å². The lowest BCUT2D eigenvalue weighted by Gasteiger charge is -2.18. The lowest BCUT2D eigenvalue weighted by Crippen LogP contribution is -2.20. The maximum absolute atomic E-state index is 14.2. The Labute approximate surface area is 153 Å². The fraction of sp³-hybridized carbons (Fsp3) is 0.0455. The topological polar surface area (TPSA) is 46.2 Å². The first kappa shape index (κ1) is 17.9. The van der Waals surface area contributed by atoms with Crippen LogP contribution in [-0.2, 0) is 9.36 Å². The molecule has 3 aromatic rings. The Morgan fingerprint density at radius 3 is 1.62 bits per heavy atom. The predicted molar refractivity (Wildman–Crippen MR) is 108 cm³/mol. The Morgan fingerprint density at radius 2 is 1.19 bits per heavy atom.